The number of nitrogens with one attached hydrogen (secondary N) is 1. The van der Waals surface area contributed by atoms with Gasteiger partial charge in [0.05, 0.1) is 12.5 Å². The van der Waals surface area contributed by atoms with Gasteiger partial charge in [0, 0.05) is 18.0 Å². The maximum atomic E-state index is 11.9. The molecule has 1 unspecified atom stereocenters. The second-order valence-corrected chi connectivity index (χ2v) is 4.70. The van der Waals surface area contributed by atoms with Crippen LogP contribution < -0.4 is 5.32 Å². The van der Waals surface area contributed by atoms with Gasteiger partial charge in [0.1, 0.15) is 0 Å². The van der Waals surface area contributed by atoms with Gasteiger partial charge >= 0.3 is 12.0 Å². The molecule has 0 saturated carbocycles. The van der Waals surface area contributed by atoms with Crippen LogP contribution in [0.15, 0.2) is 17.5 Å². The molecule has 1 heterocycles. The van der Waals surface area contributed by atoms with Gasteiger partial charge in [-0.3, -0.25) is 0 Å². The van der Waals surface area contributed by atoms with E-state index in [0.717, 1.165) is 0 Å². The van der Waals surface area contributed by atoms with E-state index < -0.39 is 18.0 Å². The van der Waals surface area contributed by atoms with E-state index in [-0.39, 0.29) is 13.0 Å². The van der Waals surface area contributed by atoms with Crippen molar-refractivity contribution in [3.05, 3.63) is 22.4 Å². The number of hydrogen-bond acceptors (Lipinski definition) is 4. The third-order valence-corrected chi connectivity index (χ3v) is 3.44. The van der Waals surface area contributed by atoms with Gasteiger partial charge in [0.2, 0.25) is 0 Å². The highest BCUT2D eigenvalue weighted by Gasteiger charge is 2.24. The SMILES string of the molecule is CCN(CCC#N)C(=O)NC(C(=O)O)c1cccs1. The van der Waals surface area contributed by atoms with Gasteiger partial charge in [-0.15, -0.1) is 11.3 Å². The Balaban J connectivity index is 2.71. The molecule has 0 fully saturated rings. The van der Waals surface area contributed by atoms with E-state index in [9.17, 15) is 9.59 Å². The average Bonchev–Trinajstić information content (AvgIpc) is 2.90. The van der Waals surface area contributed by atoms with Crippen molar-refractivity contribution in [2.45, 2.75) is 19.4 Å². The fourth-order valence-corrected chi connectivity index (χ4v) is 2.28. The fraction of sp³-hybridized carbons (Fsp3) is 0.417. The van der Waals surface area contributed by atoms with E-state index in [1.165, 1.54) is 16.2 Å². The summed E-state index contributed by atoms with van der Waals surface area (Å²) >= 11 is 1.27. The first kappa shape index (κ1) is 15.0. The van der Waals surface area contributed by atoms with Crippen molar-refractivity contribution < 1.29 is 14.7 Å². The van der Waals surface area contributed by atoms with Gasteiger partial charge in [0.15, 0.2) is 6.04 Å². The lowest BCUT2D eigenvalue weighted by Crippen LogP contribution is -2.43. The second-order valence-electron chi connectivity index (χ2n) is 3.72. The molecule has 0 spiro atoms. The number of hydrogen-bond donors (Lipinski definition) is 2. The van der Waals surface area contributed by atoms with Gasteiger partial charge in [0.25, 0.3) is 0 Å². The summed E-state index contributed by atoms with van der Waals surface area (Å²) in [7, 11) is 0. The van der Waals surface area contributed by atoms with Crippen LogP contribution in [0, 0.1) is 11.3 Å². The molecule has 0 aliphatic heterocycles. The molecule has 0 aromatic carbocycles. The van der Waals surface area contributed by atoms with E-state index in [4.69, 9.17) is 10.4 Å². The molecule has 7 heteroatoms. The minimum absolute atomic E-state index is 0.220. The number of carbonyl (C=O) groups excluding carboxylic acids is 1. The molecular weight excluding hydrogens is 266 g/mol. The molecule has 1 atom stereocenters. The summed E-state index contributed by atoms with van der Waals surface area (Å²) in [5.74, 6) is -1.10. The van der Waals surface area contributed by atoms with Crippen LogP contribution in [0.2, 0.25) is 0 Å². The van der Waals surface area contributed by atoms with Gasteiger partial charge in [-0.25, -0.2) is 9.59 Å². The number of urea groups is 1. The zero-order valence-corrected chi connectivity index (χ0v) is 11.3. The summed E-state index contributed by atoms with van der Waals surface area (Å²) in [6.45, 7) is 2.48. The summed E-state index contributed by atoms with van der Waals surface area (Å²) in [4.78, 5) is 25.1. The van der Waals surface area contributed by atoms with Gasteiger partial charge in [-0.05, 0) is 18.4 Å². The van der Waals surface area contributed by atoms with Crippen LogP contribution in [0.1, 0.15) is 24.3 Å². The second kappa shape index (κ2) is 7.38. The number of amides is 2. The normalized spacial score (nSPS) is 11.4. The Kier molecular flexibility index (Phi) is 5.82. The molecular formula is C12H15N3O3S. The number of carbonyl (C=O) groups is 2. The molecule has 1 rings (SSSR count). The highest BCUT2D eigenvalue weighted by molar-refractivity contribution is 7.10. The Morgan fingerprint density at radius 1 is 1.63 bits per heavy atom. The molecule has 0 bridgehead atoms. The Hall–Kier alpha value is -2.07. The van der Waals surface area contributed by atoms with E-state index >= 15 is 0 Å². The van der Waals surface area contributed by atoms with E-state index in [2.05, 4.69) is 5.32 Å². The molecule has 1 aromatic heterocycles. The number of thiophene rings is 1. The van der Waals surface area contributed by atoms with Gasteiger partial charge in [-0.2, -0.15) is 5.26 Å². The van der Waals surface area contributed by atoms with Crippen LogP contribution in [0.5, 0.6) is 0 Å². The first-order valence-electron chi connectivity index (χ1n) is 5.78. The topological polar surface area (TPSA) is 93.4 Å². The summed E-state index contributed by atoms with van der Waals surface area (Å²) in [5.41, 5.74) is 0. The molecule has 0 aliphatic carbocycles. The minimum atomic E-state index is -1.10. The highest BCUT2D eigenvalue weighted by Crippen LogP contribution is 2.19. The van der Waals surface area contributed by atoms with Crippen LogP contribution in [0.3, 0.4) is 0 Å². The molecule has 0 saturated heterocycles. The quantitative estimate of drug-likeness (QED) is 0.831. The zero-order valence-electron chi connectivity index (χ0n) is 10.5. The molecule has 1 aromatic rings. The monoisotopic (exact) mass is 281 g/mol. The average molecular weight is 281 g/mol. The fourth-order valence-electron chi connectivity index (χ4n) is 1.51. The highest BCUT2D eigenvalue weighted by atomic mass is 32.1. The largest absolute Gasteiger partial charge is 0.479 e. The van der Waals surface area contributed by atoms with E-state index in [0.29, 0.717) is 11.4 Å². The smallest absolute Gasteiger partial charge is 0.331 e. The number of rotatable bonds is 6. The first-order valence-corrected chi connectivity index (χ1v) is 6.66. The third kappa shape index (κ3) is 4.26. The number of nitriles is 1. The molecule has 102 valence electrons. The summed E-state index contributed by atoms with van der Waals surface area (Å²) in [6.07, 6.45) is 0.220. The summed E-state index contributed by atoms with van der Waals surface area (Å²) in [6, 6.07) is 3.82. The Morgan fingerprint density at radius 3 is 2.84 bits per heavy atom. The van der Waals surface area contributed by atoms with Crippen LogP contribution in [-0.2, 0) is 4.79 Å². The molecule has 19 heavy (non-hydrogen) atoms. The van der Waals surface area contributed by atoms with Crippen molar-refractivity contribution in [2.24, 2.45) is 0 Å². The predicted molar refractivity (Wildman–Crippen MR) is 70.7 cm³/mol. The lowest BCUT2D eigenvalue weighted by atomic mass is 10.2. The maximum Gasteiger partial charge on any atom is 0.331 e. The Labute approximate surface area is 115 Å². The van der Waals surface area contributed by atoms with Crippen molar-refractivity contribution in [3.8, 4) is 6.07 Å². The van der Waals surface area contributed by atoms with Gasteiger partial charge < -0.3 is 15.3 Å². The van der Waals surface area contributed by atoms with Crippen LogP contribution in [0.4, 0.5) is 4.79 Å². The van der Waals surface area contributed by atoms with Crippen LogP contribution >= 0.6 is 11.3 Å². The number of carboxylic acid groups (broad SMARTS) is 1. The molecule has 6 nitrogen and oxygen atoms in total. The molecule has 2 N–H and O–H groups in total. The van der Waals surface area contributed by atoms with Crippen molar-refractivity contribution >= 4 is 23.3 Å². The van der Waals surface area contributed by atoms with Crippen molar-refractivity contribution in [1.82, 2.24) is 10.2 Å². The minimum Gasteiger partial charge on any atom is -0.479 e. The number of nitrogens with zero attached hydrogens (tertiary/aromatic N) is 2. The van der Waals surface area contributed by atoms with E-state index in [1.807, 2.05) is 6.07 Å². The van der Waals surface area contributed by atoms with Crippen LogP contribution in [-0.4, -0.2) is 35.1 Å². The first-order chi connectivity index (χ1) is 9.10. The predicted octanol–water partition coefficient (Wildman–Crippen LogP) is 1.82. The summed E-state index contributed by atoms with van der Waals surface area (Å²) < 4.78 is 0. The van der Waals surface area contributed by atoms with Crippen molar-refractivity contribution in [2.75, 3.05) is 13.1 Å². The molecule has 2 amide bonds. The van der Waals surface area contributed by atoms with Gasteiger partial charge in [-0.1, -0.05) is 6.07 Å². The zero-order chi connectivity index (χ0) is 14.3. The van der Waals surface area contributed by atoms with Crippen LogP contribution in [0.25, 0.3) is 0 Å². The van der Waals surface area contributed by atoms with Crippen molar-refractivity contribution in [1.29, 1.82) is 5.26 Å². The third-order valence-electron chi connectivity index (χ3n) is 2.50. The van der Waals surface area contributed by atoms with E-state index in [1.54, 1.807) is 24.4 Å². The number of aliphatic carboxylic acids is 1. The van der Waals surface area contributed by atoms with Crippen molar-refractivity contribution in [3.63, 3.8) is 0 Å². The number of carboxylic acids is 1. The Morgan fingerprint density at radius 2 is 2.37 bits per heavy atom. The lowest BCUT2D eigenvalue weighted by molar-refractivity contribution is -0.139. The molecule has 0 aliphatic rings. The standard InChI is InChI=1S/C12H15N3O3S/c1-2-15(7-4-6-13)12(18)14-10(11(16)17)9-5-3-8-19-9/h3,5,8,10H,2,4,7H2,1H3,(H,14,18)(H,16,17). The lowest BCUT2D eigenvalue weighted by Gasteiger charge is -2.22. The molecule has 0 radical (unpaired) electrons. The Bertz CT molecular complexity index is 467. The summed E-state index contributed by atoms with van der Waals surface area (Å²) in [5, 5.41) is 21.9. The maximum absolute atomic E-state index is 11.9.